The SMILES string of the molecule is COC(C)(C)c1nc(N)no1. The van der Waals surface area contributed by atoms with Gasteiger partial charge in [-0.1, -0.05) is 0 Å². The molecule has 5 nitrogen and oxygen atoms in total. The Balaban J connectivity index is 2.92. The largest absolute Gasteiger partial charge is 0.369 e. The second-order valence-electron chi connectivity index (χ2n) is 2.67. The summed E-state index contributed by atoms with van der Waals surface area (Å²) in [6.07, 6.45) is 0. The molecule has 0 aliphatic carbocycles. The summed E-state index contributed by atoms with van der Waals surface area (Å²) >= 11 is 0. The van der Waals surface area contributed by atoms with Gasteiger partial charge in [-0.3, -0.25) is 0 Å². The normalized spacial score (nSPS) is 11.9. The molecule has 1 rings (SSSR count). The van der Waals surface area contributed by atoms with Crippen molar-refractivity contribution in [3.05, 3.63) is 5.89 Å². The number of hydrogen-bond acceptors (Lipinski definition) is 5. The van der Waals surface area contributed by atoms with Gasteiger partial charge in [-0.25, -0.2) is 0 Å². The highest BCUT2D eigenvalue weighted by Crippen LogP contribution is 2.21. The molecule has 1 aromatic rings. The maximum atomic E-state index is 5.26. The van der Waals surface area contributed by atoms with Gasteiger partial charge >= 0.3 is 0 Å². The zero-order valence-electron chi connectivity index (χ0n) is 6.79. The number of nitrogens with two attached hydrogens (primary N) is 1. The number of methoxy groups -OCH3 is 1. The third kappa shape index (κ3) is 1.48. The van der Waals surface area contributed by atoms with E-state index in [0.29, 0.717) is 5.89 Å². The van der Waals surface area contributed by atoms with Crippen LogP contribution in [0.1, 0.15) is 19.7 Å². The van der Waals surface area contributed by atoms with Crippen LogP contribution in [0.15, 0.2) is 4.52 Å². The molecule has 5 heteroatoms. The van der Waals surface area contributed by atoms with Gasteiger partial charge in [-0.2, -0.15) is 4.98 Å². The first-order valence-corrected chi connectivity index (χ1v) is 3.21. The summed E-state index contributed by atoms with van der Waals surface area (Å²) in [5.74, 6) is 0.516. The van der Waals surface area contributed by atoms with E-state index in [9.17, 15) is 0 Å². The highest BCUT2D eigenvalue weighted by molar-refractivity contribution is 5.12. The lowest BCUT2D eigenvalue weighted by Gasteiger charge is -2.16. The number of hydrogen-bond donors (Lipinski definition) is 1. The van der Waals surface area contributed by atoms with Gasteiger partial charge in [0.2, 0.25) is 0 Å². The molecular weight excluding hydrogens is 146 g/mol. The lowest BCUT2D eigenvalue weighted by molar-refractivity contribution is -0.00786. The van der Waals surface area contributed by atoms with Gasteiger partial charge in [0.15, 0.2) is 0 Å². The average Bonchev–Trinajstić information content (AvgIpc) is 2.36. The van der Waals surface area contributed by atoms with Crippen LogP contribution in [0.3, 0.4) is 0 Å². The van der Waals surface area contributed by atoms with Crippen molar-refractivity contribution in [2.24, 2.45) is 0 Å². The third-order valence-corrected chi connectivity index (χ3v) is 1.47. The first-order valence-electron chi connectivity index (χ1n) is 3.21. The molecule has 0 bridgehead atoms. The number of ether oxygens (including phenoxy) is 1. The van der Waals surface area contributed by atoms with E-state index in [2.05, 4.69) is 10.1 Å². The first-order chi connectivity index (χ1) is 5.06. The zero-order valence-corrected chi connectivity index (χ0v) is 6.79. The van der Waals surface area contributed by atoms with E-state index in [4.69, 9.17) is 15.0 Å². The Bertz CT molecular complexity index is 244. The molecule has 0 aliphatic heterocycles. The summed E-state index contributed by atoms with van der Waals surface area (Å²) < 4.78 is 9.89. The van der Waals surface area contributed by atoms with E-state index in [0.717, 1.165) is 0 Å². The molecule has 11 heavy (non-hydrogen) atoms. The summed E-state index contributed by atoms with van der Waals surface area (Å²) in [6.45, 7) is 3.64. The fourth-order valence-corrected chi connectivity index (χ4v) is 0.567. The average molecular weight is 157 g/mol. The molecule has 0 saturated carbocycles. The van der Waals surface area contributed by atoms with Crippen molar-refractivity contribution in [1.29, 1.82) is 0 Å². The van der Waals surface area contributed by atoms with Crippen LogP contribution in [0.5, 0.6) is 0 Å². The molecule has 0 radical (unpaired) electrons. The Kier molecular flexibility index (Phi) is 1.82. The molecule has 0 spiro atoms. The predicted molar refractivity (Wildman–Crippen MR) is 38.7 cm³/mol. The van der Waals surface area contributed by atoms with E-state index in [-0.39, 0.29) is 5.95 Å². The maximum Gasteiger partial charge on any atom is 0.260 e. The van der Waals surface area contributed by atoms with E-state index < -0.39 is 5.60 Å². The lowest BCUT2D eigenvalue weighted by Crippen LogP contribution is -2.19. The minimum atomic E-state index is -0.565. The van der Waals surface area contributed by atoms with Gasteiger partial charge in [0.25, 0.3) is 11.8 Å². The molecule has 0 unspecified atom stereocenters. The molecule has 0 fully saturated rings. The quantitative estimate of drug-likeness (QED) is 0.677. The van der Waals surface area contributed by atoms with Crippen molar-refractivity contribution >= 4 is 5.95 Å². The Labute approximate surface area is 64.5 Å². The van der Waals surface area contributed by atoms with Crippen LogP contribution in [-0.2, 0) is 10.3 Å². The molecule has 2 N–H and O–H groups in total. The van der Waals surface area contributed by atoms with Crippen LogP contribution < -0.4 is 5.73 Å². The van der Waals surface area contributed by atoms with Gasteiger partial charge in [0, 0.05) is 7.11 Å². The van der Waals surface area contributed by atoms with E-state index in [1.165, 1.54) is 0 Å². The monoisotopic (exact) mass is 157 g/mol. The Morgan fingerprint density at radius 1 is 1.55 bits per heavy atom. The maximum absolute atomic E-state index is 5.26. The third-order valence-electron chi connectivity index (χ3n) is 1.47. The van der Waals surface area contributed by atoms with Crippen molar-refractivity contribution in [3.63, 3.8) is 0 Å². The molecular formula is C6H11N3O2. The Morgan fingerprint density at radius 3 is 2.55 bits per heavy atom. The zero-order chi connectivity index (χ0) is 8.48. The van der Waals surface area contributed by atoms with E-state index >= 15 is 0 Å². The molecule has 0 aromatic carbocycles. The number of nitrogens with zero attached hydrogens (tertiary/aromatic N) is 2. The van der Waals surface area contributed by atoms with E-state index in [1.807, 2.05) is 13.8 Å². The minimum absolute atomic E-state index is 0.130. The molecule has 1 heterocycles. The standard InChI is InChI=1S/C6H11N3O2/c1-6(2,10-3)4-8-5(7)9-11-4/h1-3H3,(H2,7,9). The topological polar surface area (TPSA) is 74.2 Å². The van der Waals surface area contributed by atoms with Gasteiger partial charge < -0.3 is 15.0 Å². The fraction of sp³-hybridized carbons (Fsp3) is 0.667. The van der Waals surface area contributed by atoms with E-state index in [1.54, 1.807) is 7.11 Å². The van der Waals surface area contributed by atoms with Crippen LogP contribution in [0, 0.1) is 0 Å². The van der Waals surface area contributed by atoms with Gasteiger partial charge in [0.05, 0.1) is 0 Å². The first kappa shape index (κ1) is 8.00. The summed E-state index contributed by atoms with van der Waals surface area (Å²) in [5.41, 5.74) is 4.69. The second-order valence-corrected chi connectivity index (χ2v) is 2.67. The van der Waals surface area contributed by atoms with Crippen molar-refractivity contribution < 1.29 is 9.26 Å². The fourth-order valence-electron chi connectivity index (χ4n) is 0.567. The van der Waals surface area contributed by atoms with Crippen LogP contribution in [0.4, 0.5) is 5.95 Å². The highest BCUT2D eigenvalue weighted by atomic mass is 16.5. The summed E-state index contributed by atoms with van der Waals surface area (Å²) in [5, 5.41) is 3.44. The summed E-state index contributed by atoms with van der Waals surface area (Å²) in [6, 6.07) is 0. The number of aromatic nitrogens is 2. The predicted octanol–water partition coefficient (Wildman–Crippen LogP) is 0.533. The number of rotatable bonds is 2. The summed E-state index contributed by atoms with van der Waals surface area (Å²) in [7, 11) is 1.57. The second kappa shape index (κ2) is 2.50. The Morgan fingerprint density at radius 2 is 2.18 bits per heavy atom. The number of anilines is 1. The van der Waals surface area contributed by atoms with Crippen molar-refractivity contribution in [1.82, 2.24) is 10.1 Å². The molecule has 62 valence electrons. The van der Waals surface area contributed by atoms with Crippen molar-refractivity contribution in [2.75, 3.05) is 12.8 Å². The molecule has 0 atom stereocenters. The van der Waals surface area contributed by atoms with Crippen molar-refractivity contribution in [2.45, 2.75) is 19.4 Å². The minimum Gasteiger partial charge on any atom is -0.369 e. The van der Waals surface area contributed by atoms with Crippen LogP contribution in [0.2, 0.25) is 0 Å². The van der Waals surface area contributed by atoms with Crippen LogP contribution in [0.25, 0.3) is 0 Å². The lowest BCUT2D eigenvalue weighted by atomic mass is 10.1. The Hall–Kier alpha value is -1.10. The smallest absolute Gasteiger partial charge is 0.260 e. The van der Waals surface area contributed by atoms with Gasteiger partial charge in [-0.15, -0.1) is 0 Å². The molecule has 0 amide bonds. The summed E-state index contributed by atoms with van der Waals surface area (Å²) in [4.78, 5) is 3.83. The van der Waals surface area contributed by atoms with Gasteiger partial charge in [0.1, 0.15) is 5.60 Å². The van der Waals surface area contributed by atoms with Gasteiger partial charge in [-0.05, 0) is 19.0 Å². The van der Waals surface area contributed by atoms with Crippen molar-refractivity contribution in [3.8, 4) is 0 Å². The highest BCUT2D eigenvalue weighted by Gasteiger charge is 2.26. The molecule has 1 aromatic heterocycles. The van der Waals surface area contributed by atoms with Crippen LogP contribution in [-0.4, -0.2) is 17.3 Å². The molecule has 0 aliphatic rings. The van der Waals surface area contributed by atoms with Crippen LogP contribution >= 0.6 is 0 Å². The number of nitrogen functional groups attached to an aromatic ring is 1. The molecule has 0 saturated heterocycles.